The van der Waals surface area contributed by atoms with Crippen molar-refractivity contribution in [1.29, 1.82) is 0 Å². The largest absolute Gasteiger partial charge is 0.744 e. The molecule has 0 saturated heterocycles. The highest BCUT2D eigenvalue weighted by Crippen LogP contribution is 2.47. The molecule has 9 rings (SSSR count). The van der Waals surface area contributed by atoms with Crippen LogP contribution in [0.15, 0.2) is 102 Å². The molecule has 2 aliphatic rings. The fourth-order valence-electron chi connectivity index (χ4n) is 7.28. The molecule has 0 radical (unpaired) electrons. The Hall–Kier alpha value is -5.97. The SMILES string of the molecule is Cc1cccc(N2C(=O)c3ccc4c5ccc6c7c(ccc(c8ccc(c3c48)C2=O)c75)C(=O)N(c2cccc(S(=O)(=O)[O-])c2)C6=O)c1. The highest BCUT2D eigenvalue weighted by molar-refractivity contribution is 7.85. The van der Waals surface area contributed by atoms with Gasteiger partial charge in [-0.15, -0.1) is 0 Å². The number of benzene rings is 7. The zero-order valence-corrected chi connectivity index (χ0v) is 25.2. The number of carbonyl (C=O) groups excluding carboxylic acids is 4. The molecule has 0 saturated carbocycles. The Kier molecular flexibility index (Phi) is 5.27. The molecule has 0 aliphatic carbocycles. The Morgan fingerprint density at radius 1 is 0.489 bits per heavy atom. The second kappa shape index (κ2) is 9.06. The Labute approximate surface area is 266 Å². The van der Waals surface area contributed by atoms with E-state index < -0.39 is 38.6 Å². The molecule has 226 valence electrons. The molecule has 9 nitrogen and oxygen atoms in total. The third kappa shape index (κ3) is 3.53. The summed E-state index contributed by atoms with van der Waals surface area (Å²) in [6.45, 7) is 1.90. The fourth-order valence-corrected chi connectivity index (χ4v) is 7.79. The van der Waals surface area contributed by atoms with Gasteiger partial charge in [-0.1, -0.05) is 42.5 Å². The number of carbonyl (C=O) groups is 4. The van der Waals surface area contributed by atoms with E-state index in [4.69, 9.17) is 0 Å². The monoisotopic (exact) mass is 635 g/mol. The average molecular weight is 636 g/mol. The second-order valence-electron chi connectivity index (χ2n) is 11.8. The van der Waals surface area contributed by atoms with Crippen molar-refractivity contribution in [2.75, 3.05) is 9.80 Å². The van der Waals surface area contributed by atoms with Crippen LogP contribution >= 0.6 is 0 Å². The van der Waals surface area contributed by atoms with Crippen molar-refractivity contribution in [2.24, 2.45) is 0 Å². The van der Waals surface area contributed by atoms with Gasteiger partial charge >= 0.3 is 0 Å². The zero-order valence-electron chi connectivity index (χ0n) is 24.4. The van der Waals surface area contributed by atoms with Crippen LogP contribution in [-0.4, -0.2) is 36.6 Å². The maximum Gasteiger partial charge on any atom is 0.265 e. The predicted molar refractivity (Wildman–Crippen MR) is 176 cm³/mol. The first-order valence-electron chi connectivity index (χ1n) is 14.6. The third-order valence-corrected chi connectivity index (χ3v) is 10.1. The van der Waals surface area contributed by atoms with Crippen molar-refractivity contribution >= 4 is 88.2 Å². The molecule has 0 bridgehead atoms. The van der Waals surface area contributed by atoms with Gasteiger partial charge in [0.1, 0.15) is 10.1 Å². The Balaban J connectivity index is 1.29. The van der Waals surface area contributed by atoms with Crippen LogP contribution in [0.4, 0.5) is 11.4 Å². The molecule has 0 spiro atoms. The molecule has 0 N–H and O–H groups in total. The van der Waals surface area contributed by atoms with Gasteiger partial charge < -0.3 is 4.55 Å². The van der Waals surface area contributed by atoms with Gasteiger partial charge in [-0.2, -0.15) is 0 Å². The van der Waals surface area contributed by atoms with Gasteiger partial charge in [0.15, 0.2) is 0 Å². The van der Waals surface area contributed by atoms with Crippen LogP contribution in [0.3, 0.4) is 0 Å². The molecule has 0 aromatic heterocycles. The van der Waals surface area contributed by atoms with Crippen LogP contribution in [0, 0.1) is 6.92 Å². The molecule has 10 heteroatoms. The van der Waals surface area contributed by atoms with Gasteiger partial charge in [0, 0.05) is 33.0 Å². The number of hydrogen-bond acceptors (Lipinski definition) is 7. The molecule has 47 heavy (non-hydrogen) atoms. The van der Waals surface area contributed by atoms with Crippen LogP contribution in [0.2, 0.25) is 0 Å². The van der Waals surface area contributed by atoms with Crippen LogP contribution in [0.5, 0.6) is 0 Å². The molecular weight excluding hydrogens is 616 g/mol. The number of aryl methyl sites for hydroxylation is 1. The lowest BCUT2D eigenvalue weighted by Gasteiger charge is -2.30. The lowest BCUT2D eigenvalue weighted by Crippen LogP contribution is -2.40. The van der Waals surface area contributed by atoms with E-state index in [1.807, 2.05) is 25.1 Å². The minimum Gasteiger partial charge on any atom is -0.744 e. The van der Waals surface area contributed by atoms with Crippen molar-refractivity contribution in [3.8, 4) is 0 Å². The van der Waals surface area contributed by atoms with Crippen molar-refractivity contribution in [1.82, 2.24) is 0 Å². The standard InChI is InChI=1S/C37H20N2O7S/c1-18-4-2-5-19(16-18)38-34(40)26-12-8-22-24-10-14-28-33-29(37(43)39(36(28)42)20-6-3-7-21(17-20)47(44,45)46)15-11-25(31(24)33)23-9-13-27(35(38)41)32(26)30(22)23/h2-17H,1H3,(H,44,45,46)/p-1. The summed E-state index contributed by atoms with van der Waals surface area (Å²) in [5, 5.41) is 5.45. The van der Waals surface area contributed by atoms with Crippen LogP contribution in [-0.2, 0) is 10.1 Å². The van der Waals surface area contributed by atoms with Gasteiger partial charge in [-0.05, 0) is 99.4 Å². The number of nitrogens with zero attached hydrogens (tertiary/aromatic N) is 2. The molecule has 2 heterocycles. The number of rotatable bonds is 3. The van der Waals surface area contributed by atoms with E-state index in [2.05, 4.69) is 0 Å². The number of fused-ring (bicyclic) bond motifs is 2. The molecule has 0 unspecified atom stereocenters. The van der Waals surface area contributed by atoms with Crippen LogP contribution in [0.25, 0.3) is 43.1 Å². The smallest absolute Gasteiger partial charge is 0.265 e. The van der Waals surface area contributed by atoms with Crippen LogP contribution in [0.1, 0.15) is 47.0 Å². The van der Waals surface area contributed by atoms with E-state index in [1.165, 1.54) is 17.0 Å². The molecule has 7 aromatic rings. The van der Waals surface area contributed by atoms with E-state index in [0.717, 1.165) is 49.5 Å². The van der Waals surface area contributed by atoms with Gasteiger partial charge in [-0.25, -0.2) is 18.2 Å². The minimum absolute atomic E-state index is 0.0327. The lowest BCUT2D eigenvalue weighted by molar-refractivity contribution is 0.0877. The van der Waals surface area contributed by atoms with Gasteiger partial charge in [-0.3, -0.25) is 19.2 Å². The molecular formula is C37H19N2O7S-. The number of imide groups is 2. The van der Waals surface area contributed by atoms with Gasteiger partial charge in [0.05, 0.1) is 16.3 Å². The van der Waals surface area contributed by atoms with E-state index in [1.54, 1.807) is 54.6 Å². The Morgan fingerprint density at radius 2 is 0.872 bits per heavy atom. The first-order valence-corrected chi connectivity index (χ1v) is 16.1. The zero-order chi connectivity index (χ0) is 32.5. The molecule has 7 aromatic carbocycles. The third-order valence-electron chi connectivity index (χ3n) is 9.26. The Bertz CT molecular complexity index is 2650. The second-order valence-corrected chi connectivity index (χ2v) is 13.2. The summed E-state index contributed by atoms with van der Waals surface area (Å²) in [7, 11) is -4.83. The molecule has 2 aliphatic heterocycles. The van der Waals surface area contributed by atoms with E-state index in [0.29, 0.717) is 33.0 Å². The summed E-state index contributed by atoms with van der Waals surface area (Å²) in [5.74, 6) is -2.15. The maximum absolute atomic E-state index is 13.9. The summed E-state index contributed by atoms with van der Waals surface area (Å²) < 4.78 is 35.1. The van der Waals surface area contributed by atoms with E-state index in [9.17, 15) is 32.1 Å². The summed E-state index contributed by atoms with van der Waals surface area (Å²) in [5.41, 5.74) is 2.66. The predicted octanol–water partition coefficient (Wildman–Crippen LogP) is 6.55. The number of anilines is 2. The quantitative estimate of drug-likeness (QED) is 0.0931. The first kappa shape index (κ1) is 27.3. The maximum atomic E-state index is 13.9. The summed E-state index contributed by atoms with van der Waals surface area (Å²) in [4.78, 5) is 57.2. The minimum atomic E-state index is -4.83. The van der Waals surface area contributed by atoms with Crippen LogP contribution < -0.4 is 9.80 Å². The topological polar surface area (TPSA) is 132 Å². The fraction of sp³-hybridized carbons (Fsp3) is 0.0270. The highest BCUT2D eigenvalue weighted by Gasteiger charge is 2.38. The lowest BCUT2D eigenvalue weighted by atomic mass is 9.82. The molecule has 0 fully saturated rings. The number of amides is 4. The highest BCUT2D eigenvalue weighted by atomic mass is 32.2. The van der Waals surface area contributed by atoms with Crippen molar-refractivity contribution in [3.63, 3.8) is 0 Å². The van der Waals surface area contributed by atoms with E-state index in [-0.39, 0.29) is 16.8 Å². The van der Waals surface area contributed by atoms with E-state index >= 15 is 0 Å². The van der Waals surface area contributed by atoms with Crippen molar-refractivity contribution in [2.45, 2.75) is 11.8 Å². The van der Waals surface area contributed by atoms with Gasteiger partial charge in [0.25, 0.3) is 23.6 Å². The van der Waals surface area contributed by atoms with Gasteiger partial charge in [0.2, 0.25) is 0 Å². The average Bonchev–Trinajstić information content (AvgIpc) is 3.05. The summed E-state index contributed by atoms with van der Waals surface area (Å²) >= 11 is 0. The normalized spacial score (nSPS) is 14.9. The van der Waals surface area contributed by atoms with Crippen molar-refractivity contribution < 1.29 is 32.1 Å². The molecule has 0 atom stereocenters. The molecule has 4 amide bonds. The van der Waals surface area contributed by atoms with Crippen molar-refractivity contribution in [3.05, 3.63) is 125 Å². The summed E-state index contributed by atoms with van der Waals surface area (Å²) in [6.07, 6.45) is 0. The number of hydrogen-bond donors (Lipinski definition) is 0. The Morgan fingerprint density at radius 3 is 1.26 bits per heavy atom. The summed E-state index contributed by atoms with van der Waals surface area (Å²) in [6, 6.07) is 26.0. The first-order chi connectivity index (χ1) is 22.5.